The quantitative estimate of drug-likeness (QED) is 0.681. The van der Waals surface area contributed by atoms with Crippen LogP contribution in [0.1, 0.15) is 47.1 Å². The molecule has 4 nitrogen and oxygen atoms in total. The highest BCUT2D eigenvalue weighted by atomic mass is 16.5. The minimum atomic E-state index is -0.402. The van der Waals surface area contributed by atoms with Crippen LogP contribution in [-0.2, 0) is 11.3 Å². The fourth-order valence-corrected chi connectivity index (χ4v) is 2.47. The molecule has 118 valence electrons. The smallest absolute Gasteiger partial charge is 0.358 e. The Balaban J connectivity index is 1.69. The first-order valence-corrected chi connectivity index (χ1v) is 7.75. The second kappa shape index (κ2) is 6.24. The fraction of sp³-hybridized carbons (Fsp3) is 0.263. The van der Waals surface area contributed by atoms with Crippen molar-refractivity contribution in [3.8, 4) is 0 Å². The van der Waals surface area contributed by atoms with Crippen molar-refractivity contribution in [3.05, 3.63) is 71.2 Å². The zero-order valence-corrected chi connectivity index (χ0v) is 13.6. The van der Waals surface area contributed by atoms with Crippen molar-refractivity contribution in [2.24, 2.45) is 0 Å². The van der Waals surface area contributed by atoms with Gasteiger partial charge in [0.2, 0.25) is 0 Å². The first kappa shape index (κ1) is 15.3. The summed E-state index contributed by atoms with van der Waals surface area (Å²) in [4.78, 5) is 16.5. The summed E-state index contributed by atoms with van der Waals surface area (Å²) >= 11 is 0. The molecule has 0 atom stereocenters. The number of hydrogen-bond acceptors (Lipinski definition) is 3. The minimum absolute atomic E-state index is 0.254. The largest absolute Gasteiger partial charge is 0.456 e. The molecule has 3 aromatic rings. The van der Waals surface area contributed by atoms with Gasteiger partial charge in [-0.05, 0) is 36.1 Å². The van der Waals surface area contributed by atoms with Crippen LogP contribution in [0.5, 0.6) is 0 Å². The fourth-order valence-electron chi connectivity index (χ4n) is 2.47. The van der Waals surface area contributed by atoms with E-state index >= 15 is 0 Å². The second-order valence-corrected chi connectivity index (χ2v) is 5.99. The first-order valence-electron chi connectivity index (χ1n) is 7.75. The monoisotopic (exact) mass is 308 g/mol. The highest BCUT2D eigenvalue weighted by Gasteiger charge is 2.13. The van der Waals surface area contributed by atoms with Crippen LogP contribution in [0.25, 0.3) is 5.65 Å². The lowest BCUT2D eigenvalue weighted by Gasteiger charge is -2.07. The maximum absolute atomic E-state index is 12.2. The lowest BCUT2D eigenvalue weighted by atomic mass is 10.0. The summed E-state index contributed by atoms with van der Waals surface area (Å²) in [5.74, 6) is 0.0915. The molecule has 0 bridgehead atoms. The third-order valence-electron chi connectivity index (χ3n) is 3.92. The average Bonchev–Trinajstić information content (AvgIpc) is 2.99. The van der Waals surface area contributed by atoms with Gasteiger partial charge in [-0.15, -0.1) is 0 Å². The number of hydrogen-bond donors (Lipinski definition) is 0. The van der Waals surface area contributed by atoms with E-state index in [1.807, 2.05) is 41.7 Å². The molecule has 0 amide bonds. The summed E-state index contributed by atoms with van der Waals surface area (Å²) in [6.07, 6.45) is 1.72. The van der Waals surface area contributed by atoms with Crippen LogP contribution in [0.2, 0.25) is 0 Å². The number of carbonyl (C=O) groups is 1. The molecular weight excluding hydrogens is 288 g/mol. The summed E-state index contributed by atoms with van der Waals surface area (Å²) in [7, 11) is 0. The van der Waals surface area contributed by atoms with E-state index in [-0.39, 0.29) is 6.61 Å². The maximum Gasteiger partial charge on any atom is 0.358 e. The topological polar surface area (TPSA) is 43.6 Å². The van der Waals surface area contributed by atoms with Crippen LogP contribution in [-0.4, -0.2) is 15.4 Å². The number of carbonyl (C=O) groups excluding carboxylic acids is 1. The molecule has 2 aromatic heterocycles. The van der Waals surface area contributed by atoms with E-state index in [1.54, 1.807) is 6.20 Å². The van der Waals surface area contributed by atoms with Crippen LogP contribution in [0.4, 0.5) is 0 Å². The summed E-state index contributed by atoms with van der Waals surface area (Å²) in [5, 5.41) is 0. The SMILES string of the molecule is Cc1cccc2nc(C(=O)OCc3ccc(C(C)C)cc3)cn12. The van der Waals surface area contributed by atoms with Gasteiger partial charge in [-0.1, -0.05) is 44.2 Å². The van der Waals surface area contributed by atoms with E-state index < -0.39 is 5.97 Å². The molecule has 0 aliphatic carbocycles. The van der Waals surface area contributed by atoms with Crippen LogP contribution in [0.15, 0.2) is 48.7 Å². The Hall–Kier alpha value is -2.62. The van der Waals surface area contributed by atoms with E-state index in [1.165, 1.54) is 5.56 Å². The van der Waals surface area contributed by atoms with Gasteiger partial charge in [0.05, 0.1) is 0 Å². The Morgan fingerprint density at radius 2 is 1.91 bits per heavy atom. The number of fused-ring (bicyclic) bond motifs is 1. The molecule has 0 saturated carbocycles. The molecule has 0 fully saturated rings. The van der Waals surface area contributed by atoms with Gasteiger partial charge in [-0.2, -0.15) is 0 Å². The number of benzene rings is 1. The molecule has 0 spiro atoms. The van der Waals surface area contributed by atoms with Crippen molar-refractivity contribution in [2.75, 3.05) is 0 Å². The number of aromatic nitrogens is 2. The number of nitrogens with zero attached hydrogens (tertiary/aromatic N) is 2. The van der Waals surface area contributed by atoms with Crippen LogP contribution in [0.3, 0.4) is 0 Å². The number of ether oxygens (including phenoxy) is 1. The van der Waals surface area contributed by atoms with Gasteiger partial charge < -0.3 is 9.14 Å². The number of rotatable bonds is 4. The van der Waals surface area contributed by atoms with E-state index in [0.717, 1.165) is 16.9 Å². The number of pyridine rings is 1. The third kappa shape index (κ3) is 3.26. The van der Waals surface area contributed by atoms with Crippen molar-refractivity contribution < 1.29 is 9.53 Å². The maximum atomic E-state index is 12.2. The van der Waals surface area contributed by atoms with Gasteiger partial charge in [0.25, 0.3) is 0 Å². The summed E-state index contributed by atoms with van der Waals surface area (Å²) in [5.41, 5.74) is 4.35. The lowest BCUT2D eigenvalue weighted by Crippen LogP contribution is -2.05. The van der Waals surface area contributed by atoms with E-state index in [2.05, 4.69) is 31.0 Å². The van der Waals surface area contributed by atoms with Crippen molar-refractivity contribution in [3.63, 3.8) is 0 Å². The van der Waals surface area contributed by atoms with Gasteiger partial charge in [-0.25, -0.2) is 9.78 Å². The van der Waals surface area contributed by atoms with E-state index in [0.29, 0.717) is 11.6 Å². The van der Waals surface area contributed by atoms with Gasteiger partial charge >= 0.3 is 5.97 Å². The Bertz CT molecular complexity index is 832. The summed E-state index contributed by atoms with van der Waals surface area (Å²) in [6, 6.07) is 13.9. The van der Waals surface area contributed by atoms with E-state index in [9.17, 15) is 4.79 Å². The number of aryl methyl sites for hydroxylation is 1. The van der Waals surface area contributed by atoms with Crippen molar-refractivity contribution in [1.82, 2.24) is 9.38 Å². The van der Waals surface area contributed by atoms with Crippen molar-refractivity contribution >= 4 is 11.6 Å². The summed E-state index contributed by atoms with van der Waals surface area (Å²) in [6.45, 7) is 6.53. The zero-order chi connectivity index (χ0) is 16.4. The zero-order valence-electron chi connectivity index (χ0n) is 13.6. The molecule has 0 unspecified atom stereocenters. The Morgan fingerprint density at radius 1 is 1.17 bits per heavy atom. The standard InChI is InChI=1S/C19H20N2O2/c1-13(2)16-9-7-15(8-10-16)12-23-19(22)17-11-21-14(3)5-4-6-18(21)20-17/h4-11,13H,12H2,1-3H3. The highest BCUT2D eigenvalue weighted by Crippen LogP contribution is 2.16. The summed E-state index contributed by atoms with van der Waals surface area (Å²) < 4.78 is 7.25. The predicted octanol–water partition coefficient (Wildman–Crippen LogP) is 4.12. The molecule has 0 radical (unpaired) electrons. The number of imidazole rings is 1. The Kier molecular flexibility index (Phi) is 4.15. The van der Waals surface area contributed by atoms with Gasteiger partial charge in [-0.3, -0.25) is 0 Å². The molecule has 0 aliphatic rings. The molecular formula is C19H20N2O2. The van der Waals surface area contributed by atoms with Crippen LogP contribution >= 0.6 is 0 Å². The van der Waals surface area contributed by atoms with Crippen molar-refractivity contribution in [2.45, 2.75) is 33.3 Å². The Morgan fingerprint density at radius 3 is 2.57 bits per heavy atom. The average molecular weight is 308 g/mol. The molecule has 1 aromatic carbocycles. The van der Waals surface area contributed by atoms with Gasteiger partial charge in [0.15, 0.2) is 5.69 Å². The highest BCUT2D eigenvalue weighted by molar-refractivity contribution is 5.88. The van der Waals surface area contributed by atoms with Crippen molar-refractivity contribution in [1.29, 1.82) is 0 Å². The number of esters is 1. The van der Waals surface area contributed by atoms with Gasteiger partial charge in [0.1, 0.15) is 12.3 Å². The molecule has 23 heavy (non-hydrogen) atoms. The Labute approximate surface area is 135 Å². The predicted molar refractivity (Wildman–Crippen MR) is 89.6 cm³/mol. The molecule has 2 heterocycles. The third-order valence-corrected chi connectivity index (χ3v) is 3.92. The van der Waals surface area contributed by atoms with Crippen LogP contribution in [0, 0.1) is 6.92 Å². The molecule has 4 heteroatoms. The van der Waals surface area contributed by atoms with E-state index in [4.69, 9.17) is 4.74 Å². The first-order chi connectivity index (χ1) is 11.0. The van der Waals surface area contributed by atoms with Crippen LogP contribution < -0.4 is 0 Å². The second-order valence-electron chi connectivity index (χ2n) is 5.99. The molecule has 0 N–H and O–H groups in total. The van der Waals surface area contributed by atoms with Gasteiger partial charge in [0, 0.05) is 11.9 Å². The minimum Gasteiger partial charge on any atom is -0.456 e. The normalized spacial score (nSPS) is 11.1. The molecule has 3 rings (SSSR count). The molecule has 0 saturated heterocycles. The molecule has 0 aliphatic heterocycles. The lowest BCUT2D eigenvalue weighted by molar-refractivity contribution is 0.0466.